The topological polar surface area (TPSA) is 81.5 Å². The fraction of sp³-hybridized carbons (Fsp3) is 0.278. The second-order valence-corrected chi connectivity index (χ2v) is 5.54. The fourth-order valence-corrected chi connectivity index (χ4v) is 2.31. The molecule has 2 rings (SSSR count). The molecule has 0 aliphatic rings. The van der Waals surface area contributed by atoms with E-state index in [4.69, 9.17) is 4.74 Å². The Labute approximate surface area is 140 Å². The Hall–Kier alpha value is -2.89. The molecule has 0 saturated heterocycles. The van der Waals surface area contributed by atoms with E-state index in [-0.39, 0.29) is 30.4 Å². The largest absolute Gasteiger partial charge is 0.487 e. The Morgan fingerprint density at radius 2 is 1.96 bits per heavy atom. The molecule has 0 heterocycles. The van der Waals surface area contributed by atoms with Crippen LogP contribution in [0, 0.1) is 24.0 Å². The van der Waals surface area contributed by atoms with Crippen LogP contribution in [-0.4, -0.2) is 17.4 Å². The Morgan fingerprint density at radius 3 is 2.67 bits per heavy atom. The van der Waals surface area contributed by atoms with Crippen molar-refractivity contribution in [1.82, 2.24) is 0 Å². The Morgan fingerprint density at radius 1 is 1.21 bits per heavy atom. The summed E-state index contributed by atoms with van der Waals surface area (Å²) in [6.45, 7) is 4.18. The van der Waals surface area contributed by atoms with Gasteiger partial charge in [-0.15, -0.1) is 0 Å². The molecule has 0 saturated carbocycles. The molecular weight excluding hydrogens is 308 g/mol. The molecule has 0 spiro atoms. The quantitative estimate of drug-likeness (QED) is 0.473. The normalized spacial score (nSPS) is 10.2. The number of ether oxygens (including phenoxy) is 1. The number of para-hydroxylation sites is 2. The van der Waals surface area contributed by atoms with Gasteiger partial charge in [-0.3, -0.25) is 14.9 Å². The van der Waals surface area contributed by atoms with Gasteiger partial charge in [0.15, 0.2) is 5.75 Å². The van der Waals surface area contributed by atoms with Crippen molar-refractivity contribution in [2.24, 2.45) is 0 Å². The van der Waals surface area contributed by atoms with E-state index < -0.39 is 4.92 Å². The van der Waals surface area contributed by atoms with Crippen molar-refractivity contribution in [2.45, 2.75) is 26.7 Å². The average molecular weight is 328 g/mol. The van der Waals surface area contributed by atoms with Crippen LogP contribution in [0.3, 0.4) is 0 Å². The van der Waals surface area contributed by atoms with Crippen molar-refractivity contribution >= 4 is 17.3 Å². The minimum absolute atomic E-state index is 0.0720. The second-order valence-electron chi connectivity index (χ2n) is 5.54. The summed E-state index contributed by atoms with van der Waals surface area (Å²) in [4.78, 5) is 22.4. The SMILES string of the molecule is Cc1ccc(NC(=O)CCCOc2ccccc2[N+](=O)[O-])c(C)c1. The number of anilines is 1. The Balaban J connectivity index is 1.80. The summed E-state index contributed by atoms with van der Waals surface area (Å²) in [6.07, 6.45) is 0.761. The maximum atomic E-state index is 12.0. The number of hydrogen-bond acceptors (Lipinski definition) is 4. The highest BCUT2D eigenvalue weighted by Gasteiger charge is 2.13. The van der Waals surface area contributed by atoms with E-state index in [1.54, 1.807) is 18.2 Å². The van der Waals surface area contributed by atoms with Crippen molar-refractivity contribution in [3.05, 3.63) is 63.7 Å². The lowest BCUT2D eigenvalue weighted by molar-refractivity contribution is -0.385. The fourth-order valence-electron chi connectivity index (χ4n) is 2.31. The van der Waals surface area contributed by atoms with Crippen molar-refractivity contribution < 1.29 is 14.5 Å². The van der Waals surface area contributed by atoms with E-state index in [2.05, 4.69) is 5.32 Å². The molecule has 0 radical (unpaired) electrons. The van der Waals surface area contributed by atoms with Crippen molar-refractivity contribution in [1.29, 1.82) is 0 Å². The summed E-state index contributed by atoms with van der Waals surface area (Å²) in [5.41, 5.74) is 2.88. The summed E-state index contributed by atoms with van der Waals surface area (Å²) in [5, 5.41) is 13.7. The number of carbonyl (C=O) groups excluding carboxylic acids is 1. The van der Waals surface area contributed by atoms with Gasteiger partial charge in [-0.2, -0.15) is 0 Å². The van der Waals surface area contributed by atoms with Crippen LogP contribution in [-0.2, 0) is 4.79 Å². The number of nitro groups is 1. The van der Waals surface area contributed by atoms with Crippen molar-refractivity contribution in [3.63, 3.8) is 0 Å². The van der Waals surface area contributed by atoms with Crippen LogP contribution in [0.5, 0.6) is 5.75 Å². The lowest BCUT2D eigenvalue weighted by Crippen LogP contribution is -2.13. The molecule has 2 aromatic rings. The molecule has 0 bridgehead atoms. The van der Waals surface area contributed by atoms with Gasteiger partial charge < -0.3 is 10.1 Å². The standard InChI is InChI=1S/C18H20N2O4/c1-13-9-10-15(14(2)12-13)19-18(21)8-5-11-24-17-7-4-3-6-16(17)20(22)23/h3-4,6-7,9-10,12H,5,8,11H2,1-2H3,(H,19,21). The summed E-state index contributed by atoms with van der Waals surface area (Å²) in [7, 11) is 0. The van der Waals surface area contributed by atoms with E-state index in [1.807, 2.05) is 32.0 Å². The number of carbonyl (C=O) groups is 1. The molecule has 0 atom stereocenters. The van der Waals surface area contributed by atoms with Crippen LogP contribution in [0.25, 0.3) is 0 Å². The van der Waals surface area contributed by atoms with Gasteiger partial charge in [0, 0.05) is 18.2 Å². The number of rotatable bonds is 7. The summed E-state index contributed by atoms with van der Waals surface area (Å²) >= 11 is 0. The number of aryl methyl sites for hydroxylation is 2. The first-order chi connectivity index (χ1) is 11.5. The van der Waals surface area contributed by atoms with Crippen LogP contribution in [0.4, 0.5) is 11.4 Å². The van der Waals surface area contributed by atoms with Crippen molar-refractivity contribution in [2.75, 3.05) is 11.9 Å². The Kier molecular flexibility index (Phi) is 5.89. The first kappa shape index (κ1) is 17.5. The molecule has 126 valence electrons. The molecule has 2 aromatic carbocycles. The summed E-state index contributed by atoms with van der Waals surface area (Å²) in [5.74, 6) is 0.116. The van der Waals surface area contributed by atoms with Gasteiger partial charge >= 0.3 is 5.69 Å². The zero-order valence-corrected chi connectivity index (χ0v) is 13.7. The third-order valence-corrected chi connectivity index (χ3v) is 3.52. The first-order valence-electron chi connectivity index (χ1n) is 7.70. The minimum Gasteiger partial charge on any atom is -0.487 e. The number of nitrogens with zero attached hydrogens (tertiary/aromatic N) is 1. The third kappa shape index (κ3) is 4.81. The highest BCUT2D eigenvalue weighted by atomic mass is 16.6. The van der Waals surface area contributed by atoms with E-state index >= 15 is 0 Å². The molecule has 0 aromatic heterocycles. The number of amides is 1. The monoisotopic (exact) mass is 328 g/mol. The third-order valence-electron chi connectivity index (χ3n) is 3.52. The molecule has 6 nitrogen and oxygen atoms in total. The molecule has 0 unspecified atom stereocenters. The number of nitro benzene ring substituents is 1. The van der Waals surface area contributed by atoms with Gasteiger partial charge in [-0.05, 0) is 38.0 Å². The highest BCUT2D eigenvalue weighted by molar-refractivity contribution is 5.91. The highest BCUT2D eigenvalue weighted by Crippen LogP contribution is 2.25. The molecule has 0 aliphatic carbocycles. The predicted octanol–water partition coefficient (Wildman–Crippen LogP) is 4.01. The van der Waals surface area contributed by atoms with E-state index in [0.29, 0.717) is 6.42 Å². The number of nitrogens with one attached hydrogen (secondary N) is 1. The maximum absolute atomic E-state index is 12.0. The summed E-state index contributed by atoms with van der Waals surface area (Å²) < 4.78 is 5.42. The van der Waals surface area contributed by atoms with E-state index in [0.717, 1.165) is 16.8 Å². The first-order valence-corrected chi connectivity index (χ1v) is 7.70. The van der Waals surface area contributed by atoms with E-state index in [9.17, 15) is 14.9 Å². The van der Waals surface area contributed by atoms with E-state index in [1.165, 1.54) is 6.07 Å². The molecule has 0 aliphatic heterocycles. The predicted molar refractivity (Wildman–Crippen MR) is 92.4 cm³/mol. The zero-order valence-electron chi connectivity index (χ0n) is 13.7. The molecule has 24 heavy (non-hydrogen) atoms. The van der Waals surface area contributed by atoms with Crippen LogP contribution in [0.2, 0.25) is 0 Å². The molecular formula is C18H20N2O4. The number of benzene rings is 2. The van der Waals surface area contributed by atoms with Gasteiger partial charge in [0.05, 0.1) is 11.5 Å². The van der Waals surface area contributed by atoms with Gasteiger partial charge in [-0.1, -0.05) is 29.8 Å². The molecule has 1 amide bonds. The van der Waals surface area contributed by atoms with Crippen LogP contribution < -0.4 is 10.1 Å². The van der Waals surface area contributed by atoms with Gasteiger partial charge in [0.25, 0.3) is 0 Å². The average Bonchev–Trinajstić information content (AvgIpc) is 2.54. The molecule has 6 heteroatoms. The number of hydrogen-bond donors (Lipinski definition) is 1. The molecule has 1 N–H and O–H groups in total. The van der Waals surface area contributed by atoms with Crippen LogP contribution in [0.15, 0.2) is 42.5 Å². The Bertz CT molecular complexity index is 744. The summed E-state index contributed by atoms with van der Waals surface area (Å²) in [6, 6.07) is 12.0. The van der Waals surface area contributed by atoms with Gasteiger partial charge in [-0.25, -0.2) is 0 Å². The van der Waals surface area contributed by atoms with Crippen LogP contribution in [0.1, 0.15) is 24.0 Å². The van der Waals surface area contributed by atoms with Crippen molar-refractivity contribution in [3.8, 4) is 5.75 Å². The lowest BCUT2D eigenvalue weighted by atomic mass is 10.1. The lowest BCUT2D eigenvalue weighted by Gasteiger charge is -2.10. The molecule has 0 fully saturated rings. The smallest absolute Gasteiger partial charge is 0.310 e. The second kappa shape index (κ2) is 8.10. The maximum Gasteiger partial charge on any atom is 0.310 e. The van der Waals surface area contributed by atoms with Gasteiger partial charge in [0.2, 0.25) is 5.91 Å². The minimum atomic E-state index is -0.484. The zero-order chi connectivity index (χ0) is 17.5. The van der Waals surface area contributed by atoms with Gasteiger partial charge in [0.1, 0.15) is 0 Å². The van der Waals surface area contributed by atoms with Crippen LogP contribution >= 0.6 is 0 Å².